The summed E-state index contributed by atoms with van der Waals surface area (Å²) in [5.74, 6) is -0.129. The lowest BCUT2D eigenvalue weighted by molar-refractivity contribution is -0.117. The van der Waals surface area contributed by atoms with Crippen molar-refractivity contribution >= 4 is 39.9 Å². The number of carbonyl (C=O) groups is 1. The van der Waals surface area contributed by atoms with Crippen molar-refractivity contribution in [2.24, 2.45) is 5.73 Å². The Morgan fingerprint density at radius 2 is 2.09 bits per heavy atom. The van der Waals surface area contributed by atoms with Gasteiger partial charge in [-0.1, -0.05) is 25.5 Å². The third kappa shape index (κ3) is 6.33. The Labute approximate surface area is 151 Å². The predicted octanol–water partition coefficient (Wildman–Crippen LogP) is 3.38. The van der Waals surface area contributed by atoms with Crippen LogP contribution in [-0.2, 0) is 17.8 Å². The van der Waals surface area contributed by atoms with Gasteiger partial charge in [0.15, 0.2) is 0 Å². The fourth-order valence-corrected chi connectivity index (χ4v) is 2.46. The van der Waals surface area contributed by atoms with Gasteiger partial charge in [-0.05, 0) is 46.5 Å². The number of hydrogen-bond donors (Lipinski definition) is 2. The van der Waals surface area contributed by atoms with Crippen LogP contribution < -0.4 is 11.1 Å². The Bertz CT molecular complexity index is 615. The van der Waals surface area contributed by atoms with Crippen molar-refractivity contribution in [2.45, 2.75) is 38.8 Å². The second-order valence-corrected chi connectivity index (χ2v) is 6.17. The summed E-state index contributed by atoms with van der Waals surface area (Å²) in [7, 11) is 0. The number of nitrogens with one attached hydrogen (secondary N) is 1. The van der Waals surface area contributed by atoms with Gasteiger partial charge in [0.1, 0.15) is 0 Å². The van der Waals surface area contributed by atoms with Crippen molar-refractivity contribution in [3.63, 3.8) is 0 Å². The van der Waals surface area contributed by atoms with E-state index < -0.39 is 6.04 Å². The van der Waals surface area contributed by atoms with E-state index in [1.54, 1.807) is 6.20 Å². The third-order valence-corrected chi connectivity index (χ3v) is 3.80. The number of amides is 1. The Hall–Kier alpha value is -1.37. The maximum atomic E-state index is 11.8. The maximum absolute atomic E-state index is 11.8. The van der Waals surface area contributed by atoms with Crippen LogP contribution in [0.3, 0.4) is 0 Å². The van der Waals surface area contributed by atoms with Crippen molar-refractivity contribution in [1.29, 1.82) is 0 Å². The van der Waals surface area contributed by atoms with Gasteiger partial charge in [0.2, 0.25) is 5.91 Å². The molecule has 1 aromatic heterocycles. The van der Waals surface area contributed by atoms with Gasteiger partial charge in [-0.15, -0.1) is 12.4 Å². The number of aromatic nitrogens is 2. The first-order valence-corrected chi connectivity index (χ1v) is 8.21. The summed E-state index contributed by atoms with van der Waals surface area (Å²) >= 11 is 3.38. The Morgan fingerprint density at radius 3 is 2.65 bits per heavy atom. The SMILES string of the molecule is CCCC(N)C(=O)Nc1ccc(CCn2cc(Br)cn2)cc1.Cl. The van der Waals surface area contributed by atoms with Crippen molar-refractivity contribution < 1.29 is 4.79 Å². The monoisotopic (exact) mass is 400 g/mol. The number of carbonyl (C=O) groups excluding carboxylic acids is 1. The number of nitrogens with two attached hydrogens (primary N) is 1. The molecule has 1 heterocycles. The van der Waals surface area contributed by atoms with Crippen LogP contribution in [0.15, 0.2) is 41.1 Å². The minimum absolute atomic E-state index is 0. The van der Waals surface area contributed by atoms with E-state index in [1.807, 2.05) is 42.1 Å². The van der Waals surface area contributed by atoms with Crippen LogP contribution in [0.2, 0.25) is 0 Å². The largest absolute Gasteiger partial charge is 0.325 e. The quantitative estimate of drug-likeness (QED) is 0.747. The lowest BCUT2D eigenvalue weighted by Crippen LogP contribution is -2.35. The molecule has 2 aromatic rings. The molecule has 0 radical (unpaired) electrons. The molecule has 1 atom stereocenters. The van der Waals surface area contributed by atoms with Crippen molar-refractivity contribution in [3.8, 4) is 0 Å². The lowest BCUT2D eigenvalue weighted by Gasteiger charge is -2.11. The average Bonchev–Trinajstić information content (AvgIpc) is 2.92. The zero-order valence-corrected chi connectivity index (χ0v) is 15.4. The number of aryl methyl sites for hydroxylation is 2. The molecule has 0 saturated carbocycles. The molecule has 7 heteroatoms. The molecule has 1 amide bonds. The standard InChI is InChI=1S/C16H21BrN4O.ClH/c1-2-3-15(18)16(22)20-14-6-4-12(5-7-14)8-9-21-11-13(17)10-19-21;/h4-7,10-11,15H,2-3,8-9,18H2,1H3,(H,20,22);1H. The summed E-state index contributed by atoms with van der Waals surface area (Å²) in [6.45, 7) is 2.83. The van der Waals surface area contributed by atoms with Crippen LogP contribution >= 0.6 is 28.3 Å². The normalized spacial score (nSPS) is 11.6. The Balaban J connectivity index is 0.00000264. The molecule has 2 rings (SSSR count). The van der Waals surface area contributed by atoms with Crippen LogP contribution in [0, 0.1) is 0 Å². The zero-order chi connectivity index (χ0) is 15.9. The number of anilines is 1. The molecule has 0 saturated heterocycles. The van der Waals surface area contributed by atoms with Crippen LogP contribution in [0.25, 0.3) is 0 Å². The van der Waals surface area contributed by atoms with Gasteiger partial charge in [-0.3, -0.25) is 9.48 Å². The Morgan fingerprint density at radius 1 is 1.39 bits per heavy atom. The van der Waals surface area contributed by atoms with Crippen molar-refractivity contribution in [2.75, 3.05) is 5.32 Å². The molecule has 3 N–H and O–H groups in total. The van der Waals surface area contributed by atoms with Gasteiger partial charge < -0.3 is 11.1 Å². The summed E-state index contributed by atoms with van der Waals surface area (Å²) in [5.41, 5.74) is 7.77. The van der Waals surface area contributed by atoms with Gasteiger partial charge >= 0.3 is 0 Å². The molecule has 5 nitrogen and oxygen atoms in total. The second-order valence-electron chi connectivity index (χ2n) is 5.25. The molecule has 126 valence electrons. The zero-order valence-electron chi connectivity index (χ0n) is 13.0. The fraction of sp³-hybridized carbons (Fsp3) is 0.375. The highest BCUT2D eigenvalue weighted by Crippen LogP contribution is 2.12. The first-order chi connectivity index (χ1) is 10.6. The van der Waals surface area contributed by atoms with Crippen LogP contribution in [-0.4, -0.2) is 21.7 Å². The highest BCUT2D eigenvalue weighted by molar-refractivity contribution is 9.10. The van der Waals surface area contributed by atoms with Crippen LogP contribution in [0.5, 0.6) is 0 Å². The molecular formula is C16H22BrClN4O. The van der Waals surface area contributed by atoms with Crippen LogP contribution in [0.1, 0.15) is 25.3 Å². The van der Waals surface area contributed by atoms with E-state index in [0.29, 0.717) is 6.42 Å². The third-order valence-electron chi connectivity index (χ3n) is 3.39. The smallest absolute Gasteiger partial charge is 0.241 e. The van der Waals surface area contributed by atoms with Gasteiger partial charge in [-0.25, -0.2) is 0 Å². The molecule has 0 spiro atoms. The van der Waals surface area contributed by atoms with E-state index in [2.05, 4.69) is 26.3 Å². The number of nitrogens with zero attached hydrogens (tertiary/aromatic N) is 2. The highest BCUT2D eigenvalue weighted by Gasteiger charge is 2.11. The molecule has 0 aliphatic carbocycles. The molecule has 0 bridgehead atoms. The predicted molar refractivity (Wildman–Crippen MR) is 98.8 cm³/mol. The van der Waals surface area contributed by atoms with E-state index in [1.165, 1.54) is 5.56 Å². The summed E-state index contributed by atoms with van der Waals surface area (Å²) in [6, 6.07) is 7.40. The fourth-order valence-electron chi connectivity index (χ4n) is 2.14. The van der Waals surface area contributed by atoms with E-state index in [4.69, 9.17) is 5.73 Å². The first-order valence-electron chi connectivity index (χ1n) is 7.42. The molecule has 0 fully saturated rings. The minimum atomic E-state index is -0.442. The average molecular weight is 402 g/mol. The number of rotatable bonds is 7. The minimum Gasteiger partial charge on any atom is -0.325 e. The molecule has 23 heavy (non-hydrogen) atoms. The summed E-state index contributed by atoms with van der Waals surface area (Å²) < 4.78 is 2.87. The number of hydrogen-bond acceptors (Lipinski definition) is 3. The van der Waals surface area contributed by atoms with Crippen molar-refractivity contribution in [3.05, 3.63) is 46.7 Å². The number of benzene rings is 1. The molecule has 0 aliphatic rings. The molecule has 0 aliphatic heterocycles. The number of halogens is 2. The molecule has 1 unspecified atom stereocenters. The topological polar surface area (TPSA) is 72.9 Å². The van der Waals surface area contributed by atoms with Gasteiger partial charge in [-0.2, -0.15) is 5.10 Å². The van der Waals surface area contributed by atoms with E-state index >= 15 is 0 Å². The summed E-state index contributed by atoms with van der Waals surface area (Å²) in [4.78, 5) is 11.8. The summed E-state index contributed by atoms with van der Waals surface area (Å²) in [5, 5.41) is 7.07. The second kappa shape index (κ2) is 9.70. The molecular weight excluding hydrogens is 380 g/mol. The van der Waals surface area contributed by atoms with Crippen molar-refractivity contribution in [1.82, 2.24) is 9.78 Å². The van der Waals surface area contributed by atoms with Gasteiger partial charge in [0.05, 0.1) is 16.7 Å². The maximum Gasteiger partial charge on any atom is 0.241 e. The molecule has 1 aromatic carbocycles. The highest BCUT2D eigenvalue weighted by atomic mass is 79.9. The summed E-state index contributed by atoms with van der Waals surface area (Å²) in [6.07, 6.45) is 6.21. The first kappa shape index (κ1) is 19.7. The van der Waals surface area contributed by atoms with E-state index in [9.17, 15) is 4.79 Å². The van der Waals surface area contributed by atoms with Crippen LogP contribution in [0.4, 0.5) is 5.69 Å². The lowest BCUT2D eigenvalue weighted by atomic mass is 10.1. The van der Waals surface area contributed by atoms with Gasteiger partial charge in [0, 0.05) is 18.4 Å². The van der Waals surface area contributed by atoms with E-state index in [-0.39, 0.29) is 18.3 Å². The van der Waals surface area contributed by atoms with E-state index in [0.717, 1.165) is 29.5 Å². The van der Waals surface area contributed by atoms with Gasteiger partial charge in [0.25, 0.3) is 0 Å². The Kier molecular flexibility index (Phi) is 8.30.